The fourth-order valence-corrected chi connectivity index (χ4v) is 3.89. The number of anilines is 1. The molecule has 3 aromatic rings. The smallest absolute Gasteiger partial charge is 0.276 e. The Labute approximate surface area is 162 Å². The van der Waals surface area contributed by atoms with Gasteiger partial charge in [-0.15, -0.1) is 21.5 Å². The molecule has 6 nitrogen and oxygen atoms in total. The standard InChI is InChI=1S/C8H9OP.C7H6N4OS2.C2H6/c1-6-2-3-8-7(4-6)5-10-9-8;1-4-9-5(2-13-4)6(12)10-7-11-8-3-14-7;1-2/h2-4,10H,5H2,1H3;2-3H,1H3,(H,10,11,12);1-2H3. The Kier molecular flexibility index (Phi) is 8.09. The number of benzene rings is 1. The van der Waals surface area contributed by atoms with Crippen molar-refractivity contribution >= 4 is 42.5 Å². The summed E-state index contributed by atoms with van der Waals surface area (Å²) in [4.78, 5) is 15.6. The highest BCUT2D eigenvalue weighted by Crippen LogP contribution is 2.37. The largest absolute Gasteiger partial charge is 0.477 e. The maximum Gasteiger partial charge on any atom is 0.276 e. The molecule has 0 aliphatic carbocycles. The molecule has 1 atom stereocenters. The highest BCUT2D eigenvalue weighted by atomic mass is 32.1. The summed E-state index contributed by atoms with van der Waals surface area (Å²) in [7, 11) is 0.643. The summed E-state index contributed by atoms with van der Waals surface area (Å²) in [5.74, 6) is 0.843. The monoisotopic (exact) mass is 408 g/mol. The van der Waals surface area contributed by atoms with Gasteiger partial charge in [0.25, 0.3) is 5.91 Å². The first kappa shape index (κ1) is 20.4. The van der Waals surface area contributed by atoms with Gasteiger partial charge in [0, 0.05) is 17.1 Å². The van der Waals surface area contributed by atoms with Crippen LogP contribution in [0.5, 0.6) is 5.75 Å². The van der Waals surface area contributed by atoms with Crippen LogP contribution in [0.3, 0.4) is 0 Å². The number of hydrogen-bond acceptors (Lipinski definition) is 7. The van der Waals surface area contributed by atoms with Crippen LogP contribution in [0, 0.1) is 13.8 Å². The fourth-order valence-electron chi connectivity index (χ4n) is 1.99. The Balaban J connectivity index is 0.000000178. The average molecular weight is 408 g/mol. The third-order valence-corrected chi connectivity index (χ3v) is 5.36. The van der Waals surface area contributed by atoms with E-state index in [1.165, 1.54) is 33.8 Å². The molecule has 1 aliphatic rings. The van der Waals surface area contributed by atoms with Crippen LogP contribution in [0.4, 0.5) is 5.13 Å². The van der Waals surface area contributed by atoms with Crippen molar-refractivity contribution in [1.29, 1.82) is 0 Å². The van der Waals surface area contributed by atoms with E-state index >= 15 is 0 Å². The van der Waals surface area contributed by atoms with Crippen LogP contribution in [0.1, 0.15) is 40.5 Å². The summed E-state index contributed by atoms with van der Waals surface area (Å²) in [6, 6.07) is 6.36. The molecule has 1 N–H and O–H groups in total. The average Bonchev–Trinajstić information content (AvgIpc) is 3.38. The summed E-state index contributed by atoms with van der Waals surface area (Å²) in [6.07, 6.45) is 1.11. The molecule has 0 bridgehead atoms. The number of hydrogen-bond donors (Lipinski definition) is 1. The molecule has 9 heteroatoms. The number of nitrogens with one attached hydrogen (secondary N) is 1. The first-order valence-corrected chi connectivity index (χ1v) is 11.0. The molecule has 0 fully saturated rings. The second-order valence-corrected chi connectivity index (χ2v) is 7.73. The zero-order valence-corrected chi connectivity index (χ0v) is 17.7. The molecular weight excluding hydrogens is 387 g/mol. The van der Waals surface area contributed by atoms with Crippen LogP contribution in [0.15, 0.2) is 29.1 Å². The van der Waals surface area contributed by atoms with Crippen molar-refractivity contribution in [3.63, 3.8) is 0 Å². The molecule has 4 rings (SSSR count). The third kappa shape index (κ3) is 5.83. The molecule has 1 unspecified atom stereocenters. The minimum absolute atomic E-state index is 0.244. The maximum absolute atomic E-state index is 11.5. The molecule has 0 radical (unpaired) electrons. The molecule has 3 heterocycles. The lowest BCUT2D eigenvalue weighted by atomic mass is 10.1. The van der Waals surface area contributed by atoms with E-state index in [1.807, 2.05) is 20.8 Å². The van der Waals surface area contributed by atoms with Crippen molar-refractivity contribution in [3.8, 4) is 5.75 Å². The van der Waals surface area contributed by atoms with Gasteiger partial charge in [-0.3, -0.25) is 10.1 Å². The Morgan fingerprint density at radius 2 is 2.08 bits per heavy atom. The van der Waals surface area contributed by atoms with Gasteiger partial charge in [-0.1, -0.05) is 42.9 Å². The van der Waals surface area contributed by atoms with Gasteiger partial charge in [0.2, 0.25) is 5.13 Å². The minimum Gasteiger partial charge on any atom is -0.477 e. The summed E-state index contributed by atoms with van der Waals surface area (Å²) in [5, 5.41) is 13.0. The first-order valence-electron chi connectivity index (χ1n) is 8.10. The van der Waals surface area contributed by atoms with Gasteiger partial charge >= 0.3 is 0 Å². The number of fused-ring (bicyclic) bond motifs is 1. The fraction of sp³-hybridized carbons (Fsp3) is 0.294. The highest BCUT2D eigenvalue weighted by Gasteiger charge is 2.11. The van der Waals surface area contributed by atoms with Gasteiger partial charge in [-0.25, -0.2) is 4.98 Å². The van der Waals surface area contributed by atoms with Crippen LogP contribution in [0.25, 0.3) is 0 Å². The molecule has 0 saturated carbocycles. The normalized spacial score (nSPS) is 12.2. The zero-order chi connectivity index (χ0) is 18.9. The van der Waals surface area contributed by atoms with Crippen LogP contribution in [-0.4, -0.2) is 21.1 Å². The molecule has 1 amide bonds. The van der Waals surface area contributed by atoms with Crippen molar-refractivity contribution in [2.24, 2.45) is 0 Å². The number of carbonyl (C=O) groups excluding carboxylic acids is 1. The first-order chi connectivity index (χ1) is 12.6. The van der Waals surface area contributed by atoms with Gasteiger partial charge in [-0.05, 0) is 19.9 Å². The van der Waals surface area contributed by atoms with E-state index in [0.717, 1.165) is 16.9 Å². The van der Waals surface area contributed by atoms with Crippen molar-refractivity contribution in [3.05, 3.63) is 50.9 Å². The lowest BCUT2D eigenvalue weighted by molar-refractivity contribution is 0.102. The summed E-state index contributed by atoms with van der Waals surface area (Å²) in [5.41, 5.74) is 4.68. The van der Waals surface area contributed by atoms with E-state index in [1.54, 1.807) is 10.9 Å². The van der Waals surface area contributed by atoms with Gasteiger partial charge in [0.1, 0.15) is 17.0 Å². The minimum atomic E-state index is -0.244. The van der Waals surface area contributed by atoms with Crippen LogP contribution in [-0.2, 0) is 6.16 Å². The second-order valence-electron chi connectivity index (χ2n) is 4.98. The number of thiazole rings is 1. The number of nitrogens with zero attached hydrogens (tertiary/aromatic N) is 3. The molecule has 26 heavy (non-hydrogen) atoms. The number of carbonyl (C=O) groups is 1. The van der Waals surface area contributed by atoms with E-state index in [2.05, 4.69) is 45.6 Å². The SMILES string of the molecule is CC.Cc1ccc2c(c1)CPO2.Cc1nc(C(=O)Nc2nncs2)cs1. The van der Waals surface area contributed by atoms with Crippen molar-refractivity contribution in [1.82, 2.24) is 15.2 Å². The van der Waals surface area contributed by atoms with Crippen molar-refractivity contribution in [2.45, 2.75) is 33.9 Å². The van der Waals surface area contributed by atoms with Gasteiger partial charge in [-0.2, -0.15) is 0 Å². The highest BCUT2D eigenvalue weighted by molar-refractivity contribution is 7.32. The predicted molar refractivity (Wildman–Crippen MR) is 110 cm³/mol. The Morgan fingerprint density at radius 3 is 2.73 bits per heavy atom. The topological polar surface area (TPSA) is 77.0 Å². The summed E-state index contributed by atoms with van der Waals surface area (Å²) >= 11 is 2.71. The van der Waals surface area contributed by atoms with E-state index < -0.39 is 0 Å². The Bertz CT molecular complexity index is 837. The van der Waals surface area contributed by atoms with Crippen LogP contribution >= 0.6 is 31.5 Å². The maximum atomic E-state index is 11.5. The number of aromatic nitrogens is 3. The number of aryl methyl sites for hydroxylation is 2. The van der Waals surface area contributed by atoms with E-state index in [4.69, 9.17) is 4.52 Å². The molecule has 0 saturated heterocycles. The predicted octanol–water partition coefficient (Wildman–Crippen LogP) is 5.06. The Morgan fingerprint density at radius 1 is 1.27 bits per heavy atom. The molecule has 138 valence electrons. The van der Waals surface area contributed by atoms with Gasteiger partial charge < -0.3 is 4.52 Å². The molecular formula is C17H21N4O2PS2. The lowest BCUT2D eigenvalue weighted by Gasteiger charge is -1.97. The molecule has 1 aromatic carbocycles. The van der Waals surface area contributed by atoms with Gasteiger partial charge in [0.15, 0.2) is 0 Å². The van der Waals surface area contributed by atoms with Crippen molar-refractivity contribution < 1.29 is 9.32 Å². The quantitative estimate of drug-likeness (QED) is 0.600. The van der Waals surface area contributed by atoms with E-state index in [9.17, 15) is 4.79 Å². The van der Waals surface area contributed by atoms with Gasteiger partial charge in [0.05, 0.1) is 13.8 Å². The van der Waals surface area contributed by atoms with Crippen molar-refractivity contribution in [2.75, 3.05) is 5.32 Å². The van der Waals surface area contributed by atoms with E-state index in [-0.39, 0.29) is 5.91 Å². The second kappa shape index (κ2) is 10.3. The zero-order valence-electron chi connectivity index (χ0n) is 15.1. The van der Waals surface area contributed by atoms with E-state index in [0.29, 0.717) is 19.6 Å². The van der Waals surface area contributed by atoms with Crippen LogP contribution < -0.4 is 9.84 Å². The summed E-state index contributed by atoms with van der Waals surface area (Å²) in [6.45, 7) is 7.97. The molecule has 2 aromatic heterocycles. The lowest BCUT2D eigenvalue weighted by Crippen LogP contribution is -2.12. The summed E-state index contributed by atoms with van der Waals surface area (Å²) < 4.78 is 5.38. The number of rotatable bonds is 2. The third-order valence-electron chi connectivity index (χ3n) is 3.09. The van der Waals surface area contributed by atoms with Crippen LogP contribution in [0.2, 0.25) is 0 Å². The Hall–Kier alpha value is -1.89. The molecule has 1 aliphatic heterocycles. The number of amides is 1. The molecule has 0 spiro atoms.